The number of aliphatic imine (C=N–C) groups is 1. The van der Waals surface area contributed by atoms with Crippen LogP contribution in [0.25, 0.3) is 0 Å². The van der Waals surface area contributed by atoms with E-state index in [-0.39, 0.29) is 0 Å². The average molecular weight is 230 g/mol. The molecule has 0 saturated carbocycles. The van der Waals surface area contributed by atoms with Crippen LogP contribution in [0, 0.1) is 0 Å². The van der Waals surface area contributed by atoms with E-state index in [1.165, 1.54) is 42.4 Å². The van der Waals surface area contributed by atoms with Gasteiger partial charge in [0.15, 0.2) is 5.17 Å². The van der Waals surface area contributed by atoms with Gasteiger partial charge in [-0.15, -0.1) is 0 Å². The molecule has 1 fully saturated rings. The van der Waals surface area contributed by atoms with Crippen LogP contribution in [0.2, 0.25) is 0 Å². The molecule has 0 spiro atoms. The monoisotopic (exact) mass is 230 g/mol. The number of rotatable bonds is 2. The fraction of sp³-hybridized carbons (Fsp3) is 0.900. The van der Waals surface area contributed by atoms with Crippen molar-refractivity contribution in [1.82, 2.24) is 5.32 Å². The van der Waals surface area contributed by atoms with Crippen molar-refractivity contribution < 1.29 is 0 Å². The fourth-order valence-electron chi connectivity index (χ4n) is 1.74. The average Bonchev–Trinajstić information content (AvgIpc) is 2.29. The molecule has 0 aromatic rings. The van der Waals surface area contributed by atoms with E-state index in [0.29, 0.717) is 0 Å². The Hall–Kier alpha value is 0.170. The lowest BCUT2D eigenvalue weighted by atomic mass is 10.2. The smallest absolute Gasteiger partial charge is 0.156 e. The maximum Gasteiger partial charge on any atom is 0.156 e. The molecule has 2 heterocycles. The van der Waals surface area contributed by atoms with Crippen LogP contribution < -0.4 is 5.32 Å². The van der Waals surface area contributed by atoms with Gasteiger partial charge in [0.2, 0.25) is 0 Å². The van der Waals surface area contributed by atoms with Gasteiger partial charge >= 0.3 is 0 Å². The minimum Gasteiger partial charge on any atom is -0.364 e. The van der Waals surface area contributed by atoms with E-state index < -0.39 is 0 Å². The van der Waals surface area contributed by atoms with E-state index in [9.17, 15) is 0 Å². The lowest BCUT2D eigenvalue weighted by Crippen LogP contribution is -2.31. The third-order valence-corrected chi connectivity index (χ3v) is 4.99. The zero-order valence-electron chi connectivity index (χ0n) is 8.50. The van der Waals surface area contributed by atoms with Gasteiger partial charge in [-0.25, -0.2) is 0 Å². The Morgan fingerprint density at radius 2 is 2.29 bits per heavy atom. The number of hydrogen-bond donors (Lipinski definition) is 1. The molecular formula is C10H18N2S2. The molecule has 2 nitrogen and oxygen atoms in total. The predicted octanol–water partition coefficient (Wildman–Crippen LogP) is 2.35. The van der Waals surface area contributed by atoms with Crippen molar-refractivity contribution in [2.75, 3.05) is 24.6 Å². The molecule has 1 atom stereocenters. The summed E-state index contributed by atoms with van der Waals surface area (Å²) in [5.41, 5.74) is 0. The highest BCUT2D eigenvalue weighted by molar-refractivity contribution is 8.13. The minimum absolute atomic E-state index is 0.828. The van der Waals surface area contributed by atoms with Crippen molar-refractivity contribution >= 4 is 28.7 Å². The van der Waals surface area contributed by atoms with Gasteiger partial charge in [0.1, 0.15) is 0 Å². The predicted molar refractivity (Wildman–Crippen MR) is 67.5 cm³/mol. The Bertz CT molecular complexity index is 200. The Kier molecular flexibility index (Phi) is 4.51. The summed E-state index contributed by atoms with van der Waals surface area (Å²) < 4.78 is 0. The number of nitrogens with one attached hydrogen (secondary N) is 1. The maximum absolute atomic E-state index is 4.47. The molecule has 14 heavy (non-hydrogen) atoms. The summed E-state index contributed by atoms with van der Waals surface area (Å²) in [6.45, 7) is 2.14. The highest BCUT2D eigenvalue weighted by atomic mass is 32.2. The quantitative estimate of drug-likeness (QED) is 0.788. The Labute approximate surface area is 94.7 Å². The summed E-state index contributed by atoms with van der Waals surface area (Å²) in [6, 6.07) is 0. The number of amidine groups is 1. The van der Waals surface area contributed by atoms with Crippen molar-refractivity contribution in [2.24, 2.45) is 4.99 Å². The molecule has 2 rings (SSSR count). The van der Waals surface area contributed by atoms with Crippen molar-refractivity contribution in [2.45, 2.75) is 30.9 Å². The lowest BCUT2D eigenvalue weighted by Gasteiger charge is -2.22. The summed E-state index contributed by atoms with van der Waals surface area (Å²) in [6.07, 6.45) is 5.46. The second-order valence-corrected chi connectivity index (χ2v) is 6.25. The molecule has 1 N–H and O–H groups in total. The van der Waals surface area contributed by atoms with Gasteiger partial charge in [0.25, 0.3) is 0 Å². The third-order valence-electron chi connectivity index (χ3n) is 2.55. The summed E-state index contributed by atoms with van der Waals surface area (Å²) in [5, 5.41) is 5.49. The first-order valence-corrected chi connectivity index (χ1v) is 7.51. The number of hydrogen-bond acceptors (Lipinski definition) is 4. The first kappa shape index (κ1) is 10.7. The molecule has 80 valence electrons. The summed E-state index contributed by atoms with van der Waals surface area (Å²) in [5.74, 6) is 2.59. The summed E-state index contributed by atoms with van der Waals surface area (Å²) >= 11 is 4.01. The van der Waals surface area contributed by atoms with E-state index in [4.69, 9.17) is 0 Å². The molecule has 0 radical (unpaired) electrons. The van der Waals surface area contributed by atoms with Crippen molar-refractivity contribution in [3.05, 3.63) is 0 Å². The summed E-state index contributed by atoms with van der Waals surface area (Å²) in [4.78, 5) is 4.47. The number of thioether (sulfide) groups is 2. The van der Waals surface area contributed by atoms with Gasteiger partial charge in [-0.3, -0.25) is 4.99 Å². The van der Waals surface area contributed by atoms with Gasteiger partial charge in [-0.05, 0) is 25.0 Å². The van der Waals surface area contributed by atoms with Crippen LogP contribution in [0.4, 0.5) is 0 Å². The number of nitrogens with zero attached hydrogens (tertiary/aromatic N) is 1. The SMILES string of the molecule is C1CN=C(NCC2CCCCS2)SC1. The molecule has 0 aromatic heterocycles. The van der Waals surface area contributed by atoms with Crippen molar-refractivity contribution in [3.8, 4) is 0 Å². The second kappa shape index (κ2) is 5.91. The molecule has 0 aliphatic carbocycles. The molecular weight excluding hydrogens is 212 g/mol. The van der Waals surface area contributed by atoms with Gasteiger partial charge in [0.05, 0.1) is 0 Å². The van der Waals surface area contributed by atoms with Gasteiger partial charge in [-0.2, -0.15) is 11.8 Å². The first-order chi connectivity index (χ1) is 6.95. The minimum atomic E-state index is 0.828. The standard InChI is InChI=1S/C10H18N2S2/c1-2-6-13-9(4-1)8-12-10-11-5-3-7-14-10/h9H,1-8H2,(H,11,12). The molecule has 1 saturated heterocycles. The van der Waals surface area contributed by atoms with Crippen LogP contribution in [-0.4, -0.2) is 35.0 Å². The van der Waals surface area contributed by atoms with Crippen molar-refractivity contribution in [1.29, 1.82) is 0 Å². The van der Waals surface area contributed by atoms with Crippen molar-refractivity contribution in [3.63, 3.8) is 0 Å². The molecule has 0 aromatic carbocycles. The van der Waals surface area contributed by atoms with Crippen LogP contribution >= 0.6 is 23.5 Å². The normalized spacial score (nSPS) is 28.3. The molecule has 0 bridgehead atoms. The van der Waals surface area contributed by atoms with E-state index in [1.807, 2.05) is 11.8 Å². The highest BCUT2D eigenvalue weighted by Crippen LogP contribution is 2.24. The van der Waals surface area contributed by atoms with Crippen LogP contribution in [0.3, 0.4) is 0 Å². The molecule has 1 unspecified atom stereocenters. The Balaban J connectivity index is 1.67. The third kappa shape index (κ3) is 3.39. The summed E-state index contributed by atoms with van der Waals surface area (Å²) in [7, 11) is 0. The van der Waals surface area contributed by atoms with Crippen LogP contribution in [-0.2, 0) is 0 Å². The van der Waals surface area contributed by atoms with Crippen LogP contribution in [0.15, 0.2) is 4.99 Å². The fourth-order valence-corrected chi connectivity index (χ4v) is 3.81. The first-order valence-electron chi connectivity index (χ1n) is 5.48. The molecule has 0 amide bonds. The molecule has 4 heteroatoms. The van der Waals surface area contributed by atoms with Gasteiger partial charge in [0, 0.05) is 24.1 Å². The highest BCUT2D eigenvalue weighted by Gasteiger charge is 2.14. The Morgan fingerprint density at radius 1 is 1.29 bits per heavy atom. The van der Waals surface area contributed by atoms with E-state index in [0.717, 1.165) is 18.3 Å². The Morgan fingerprint density at radius 3 is 3.00 bits per heavy atom. The largest absolute Gasteiger partial charge is 0.364 e. The lowest BCUT2D eigenvalue weighted by molar-refractivity contribution is 0.650. The zero-order valence-corrected chi connectivity index (χ0v) is 10.1. The molecule has 2 aliphatic heterocycles. The van der Waals surface area contributed by atoms with Gasteiger partial charge < -0.3 is 5.32 Å². The van der Waals surface area contributed by atoms with Gasteiger partial charge in [-0.1, -0.05) is 18.2 Å². The van der Waals surface area contributed by atoms with E-state index >= 15 is 0 Å². The maximum atomic E-state index is 4.47. The van der Waals surface area contributed by atoms with E-state index in [2.05, 4.69) is 22.1 Å². The second-order valence-electron chi connectivity index (χ2n) is 3.76. The zero-order chi connectivity index (χ0) is 9.64. The molecule has 2 aliphatic rings. The van der Waals surface area contributed by atoms with Crippen LogP contribution in [0.1, 0.15) is 25.7 Å². The van der Waals surface area contributed by atoms with E-state index in [1.54, 1.807) is 0 Å². The topological polar surface area (TPSA) is 24.4 Å². The van der Waals surface area contributed by atoms with Crippen LogP contribution in [0.5, 0.6) is 0 Å².